The second-order valence-electron chi connectivity index (χ2n) is 6.17. The standard InChI is InChI=1S/C19H24N2O2S/c1-23-17-9-6-15(7-10-17)19-20-16(14-24-19)8-11-18(22)21-12-4-2-3-5-13-21/h6-7,9-10,14H,2-5,8,11-13H2,1H3. The van der Waals surface area contributed by atoms with E-state index in [1.54, 1.807) is 18.4 Å². The van der Waals surface area contributed by atoms with Gasteiger partial charge in [-0.1, -0.05) is 12.8 Å². The molecule has 1 aromatic heterocycles. The average molecular weight is 344 g/mol. The molecule has 1 aromatic carbocycles. The molecule has 0 atom stereocenters. The summed E-state index contributed by atoms with van der Waals surface area (Å²) in [4.78, 5) is 19.1. The van der Waals surface area contributed by atoms with Gasteiger partial charge in [-0.2, -0.15) is 0 Å². The zero-order valence-electron chi connectivity index (χ0n) is 14.2. The number of benzene rings is 1. The summed E-state index contributed by atoms with van der Waals surface area (Å²) in [6.45, 7) is 1.85. The lowest BCUT2D eigenvalue weighted by Gasteiger charge is -2.19. The molecule has 0 N–H and O–H groups in total. The maximum Gasteiger partial charge on any atom is 0.222 e. The van der Waals surface area contributed by atoms with Crippen LogP contribution in [-0.4, -0.2) is 36.0 Å². The third-order valence-electron chi connectivity index (χ3n) is 4.44. The second-order valence-corrected chi connectivity index (χ2v) is 7.03. The first kappa shape index (κ1) is 17.0. The van der Waals surface area contributed by atoms with Crippen molar-refractivity contribution < 1.29 is 9.53 Å². The van der Waals surface area contributed by atoms with Crippen molar-refractivity contribution in [2.24, 2.45) is 0 Å². The number of hydrogen-bond donors (Lipinski definition) is 0. The van der Waals surface area contributed by atoms with Crippen molar-refractivity contribution in [3.8, 4) is 16.3 Å². The fourth-order valence-electron chi connectivity index (χ4n) is 3.00. The molecule has 2 aromatic rings. The van der Waals surface area contributed by atoms with Crippen LogP contribution >= 0.6 is 11.3 Å². The first-order chi connectivity index (χ1) is 11.8. The fourth-order valence-corrected chi connectivity index (χ4v) is 3.86. The van der Waals surface area contributed by atoms with Crippen LogP contribution in [0.5, 0.6) is 5.75 Å². The Bertz CT molecular complexity index is 658. The van der Waals surface area contributed by atoms with E-state index < -0.39 is 0 Å². The molecule has 0 saturated carbocycles. The number of hydrogen-bond acceptors (Lipinski definition) is 4. The number of carbonyl (C=O) groups excluding carboxylic acids is 1. The van der Waals surface area contributed by atoms with Crippen molar-refractivity contribution in [1.82, 2.24) is 9.88 Å². The lowest BCUT2D eigenvalue weighted by atomic mass is 10.2. The smallest absolute Gasteiger partial charge is 0.222 e. The van der Waals surface area contributed by atoms with Crippen molar-refractivity contribution >= 4 is 17.2 Å². The summed E-state index contributed by atoms with van der Waals surface area (Å²) in [5.41, 5.74) is 2.10. The summed E-state index contributed by atoms with van der Waals surface area (Å²) in [6.07, 6.45) is 6.07. The highest BCUT2D eigenvalue weighted by Gasteiger charge is 2.16. The number of rotatable bonds is 5. The molecule has 1 aliphatic rings. The lowest BCUT2D eigenvalue weighted by molar-refractivity contribution is -0.131. The highest BCUT2D eigenvalue weighted by Crippen LogP contribution is 2.26. The first-order valence-corrected chi connectivity index (χ1v) is 9.51. The molecule has 0 bridgehead atoms. The van der Waals surface area contributed by atoms with E-state index in [1.807, 2.05) is 29.2 Å². The monoisotopic (exact) mass is 344 g/mol. The Morgan fingerprint density at radius 3 is 2.54 bits per heavy atom. The van der Waals surface area contributed by atoms with Gasteiger partial charge in [-0.05, 0) is 43.5 Å². The molecule has 24 heavy (non-hydrogen) atoms. The highest BCUT2D eigenvalue weighted by atomic mass is 32.1. The van der Waals surface area contributed by atoms with Crippen molar-refractivity contribution in [3.63, 3.8) is 0 Å². The van der Waals surface area contributed by atoms with Gasteiger partial charge in [-0.3, -0.25) is 4.79 Å². The van der Waals surface area contributed by atoms with Crippen molar-refractivity contribution in [1.29, 1.82) is 0 Å². The van der Waals surface area contributed by atoms with E-state index in [2.05, 4.69) is 10.4 Å². The number of nitrogens with zero attached hydrogens (tertiary/aromatic N) is 2. The molecule has 1 fully saturated rings. The number of aryl methyl sites for hydroxylation is 1. The summed E-state index contributed by atoms with van der Waals surface area (Å²) in [6, 6.07) is 7.92. The van der Waals surface area contributed by atoms with Crippen LogP contribution in [0, 0.1) is 0 Å². The SMILES string of the molecule is COc1ccc(-c2nc(CCC(=O)N3CCCCCC3)cs2)cc1. The van der Waals surface area contributed by atoms with E-state index in [0.717, 1.165) is 54.4 Å². The molecule has 1 aliphatic heterocycles. The van der Waals surface area contributed by atoms with Crippen LogP contribution < -0.4 is 4.74 Å². The molecule has 4 nitrogen and oxygen atoms in total. The summed E-state index contributed by atoms with van der Waals surface area (Å²) in [5.74, 6) is 1.12. The number of aromatic nitrogens is 1. The zero-order chi connectivity index (χ0) is 16.8. The number of likely N-dealkylation sites (tertiary alicyclic amines) is 1. The Kier molecular flexibility index (Phi) is 5.86. The zero-order valence-corrected chi connectivity index (χ0v) is 15.0. The molecule has 128 valence electrons. The quantitative estimate of drug-likeness (QED) is 0.818. The van der Waals surface area contributed by atoms with Crippen LogP contribution in [-0.2, 0) is 11.2 Å². The molecule has 5 heteroatoms. The lowest BCUT2D eigenvalue weighted by Crippen LogP contribution is -2.31. The maximum absolute atomic E-state index is 12.4. The van der Waals surface area contributed by atoms with E-state index in [-0.39, 0.29) is 5.91 Å². The van der Waals surface area contributed by atoms with Crippen molar-refractivity contribution in [2.75, 3.05) is 20.2 Å². The Labute approximate surface area is 147 Å². The summed E-state index contributed by atoms with van der Waals surface area (Å²) >= 11 is 1.63. The van der Waals surface area contributed by atoms with Gasteiger partial charge >= 0.3 is 0 Å². The van der Waals surface area contributed by atoms with Crippen molar-refractivity contribution in [3.05, 3.63) is 35.3 Å². The van der Waals surface area contributed by atoms with Gasteiger partial charge in [0.1, 0.15) is 10.8 Å². The van der Waals surface area contributed by atoms with E-state index in [1.165, 1.54) is 12.8 Å². The predicted molar refractivity (Wildman–Crippen MR) is 97.5 cm³/mol. The second kappa shape index (κ2) is 8.29. The predicted octanol–water partition coefficient (Wildman–Crippen LogP) is 4.15. The molecule has 0 aliphatic carbocycles. The van der Waals surface area contributed by atoms with E-state index in [4.69, 9.17) is 4.74 Å². The topological polar surface area (TPSA) is 42.4 Å². The van der Waals surface area contributed by atoms with Crippen LogP contribution in [0.15, 0.2) is 29.6 Å². The molecule has 3 rings (SSSR count). The molecule has 0 unspecified atom stereocenters. The van der Waals surface area contributed by atoms with E-state index in [0.29, 0.717) is 6.42 Å². The largest absolute Gasteiger partial charge is 0.497 e. The minimum absolute atomic E-state index is 0.274. The molecule has 0 radical (unpaired) electrons. The van der Waals surface area contributed by atoms with Gasteiger partial charge < -0.3 is 9.64 Å². The third kappa shape index (κ3) is 4.35. The highest BCUT2D eigenvalue weighted by molar-refractivity contribution is 7.13. The number of methoxy groups -OCH3 is 1. The van der Waals surface area contributed by atoms with E-state index in [9.17, 15) is 4.79 Å². The van der Waals surface area contributed by atoms with Gasteiger partial charge in [0.2, 0.25) is 5.91 Å². The van der Waals surface area contributed by atoms with Gasteiger partial charge in [-0.15, -0.1) is 11.3 Å². The molecule has 1 amide bonds. The molecule has 2 heterocycles. The minimum Gasteiger partial charge on any atom is -0.497 e. The van der Waals surface area contributed by atoms with Gasteiger partial charge in [0.25, 0.3) is 0 Å². The summed E-state index contributed by atoms with van der Waals surface area (Å²) in [7, 11) is 1.66. The molecular formula is C19H24N2O2S. The number of thiazole rings is 1. The van der Waals surface area contributed by atoms with Gasteiger partial charge in [-0.25, -0.2) is 4.98 Å². The van der Waals surface area contributed by atoms with E-state index >= 15 is 0 Å². The van der Waals surface area contributed by atoms with Crippen LogP contribution in [0.2, 0.25) is 0 Å². The van der Waals surface area contributed by atoms with Crippen LogP contribution in [0.4, 0.5) is 0 Å². The molecular weight excluding hydrogens is 320 g/mol. The van der Waals surface area contributed by atoms with Gasteiger partial charge in [0, 0.05) is 30.5 Å². The van der Waals surface area contributed by atoms with Crippen molar-refractivity contribution in [2.45, 2.75) is 38.5 Å². The number of ether oxygens (including phenoxy) is 1. The Morgan fingerprint density at radius 2 is 1.88 bits per heavy atom. The third-order valence-corrected chi connectivity index (χ3v) is 5.38. The molecule has 1 saturated heterocycles. The van der Waals surface area contributed by atoms with Gasteiger partial charge in [0.05, 0.1) is 12.8 Å². The summed E-state index contributed by atoms with van der Waals surface area (Å²) < 4.78 is 5.18. The first-order valence-electron chi connectivity index (χ1n) is 8.63. The van der Waals surface area contributed by atoms with Crippen LogP contribution in [0.3, 0.4) is 0 Å². The Balaban J connectivity index is 1.56. The number of carbonyl (C=O) groups is 1. The fraction of sp³-hybridized carbons (Fsp3) is 0.474. The van der Waals surface area contributed by atoms with Crippen LogP contribution in [0.25, 0.3) is 10.6 Å². The Morgan fingerprint density at radius 1 is 1.17 bits per heavy atom. The van der Waals surface area contributed by atoms with Gasteiger partial charge in [0.15, 0.2) is 0 Å². The normalized spacial score (nSPS) is 15.1. The Hall–Kier alpha value is -1.88. The maximum atomic E-state index is 12.4. The van der Waals surface area contributed by atoms with Crippen LogP contribution in [0.1, 0.15) is 37.8 Å². The molecule has 0 spiro atoms. The minimum atomic E-state index is 0.274. The number of amides is 1. The average Bonchev–Trinajstić information content (AvgIpc) is 2.92. The summed E-state index contributed by atoms with van der Waals surface area (Å²) in [5, 5.41) is 3.06.